The van der Waals surface area contributed by atoms with Gasteiger partial charge in [-0.2, -0.15) is 0 Å². The van der Waals surface area contributed by atoms with Crippen molar-refractivity contribution in [3.8, 4) is 0 Å². The lowest BCUT2D eigenvalue weighted by molar-refractivity contribution is -0.113. The minimum absolute atomic E-state index is 0.227. The van der Waals surface area contributed by atoms with Crippen molar-refractivity contribution in [1.29, 1.82) is 0 Å². The van der Waals surface area contributed by atoms with Crippen molar-refractivity contribution in [2.24, 2.45) is 0 Å². The predicted molar refractivity (Wildman–Crippen MR) is 62.3 cm³/mol. The van der Waals surface area contributed by atoms with Gasteiger partial charge in [-0.1, -0.05) is 31.9 Å². The molecule has 1 heteroatoms. The molecule has 0 saturated carbocycles. The van der Waals surface area contributed by atoms with Crippen LogP contribution in [-0.4, -0.2) is 5.78 Å². The van der Waals surface area contributed by atoms with E-state index in [2.05, 4.69) is 19.6 Å². The van der Waals surface area contributed by atoms with E-state index in [0.29, 0.717) is 0 Å². The van der Waals surface area contributed by atoms with E-state index in [4.69, 9.17) is 0 Å². The maximum Gasteiger partial charge on any atom is 0.155 e. The third-order valence-electron chi connectivity index (χ3n) is 2.26. The zero-order valence-corrected chi connectivity index (χ0v) is 9.51. The van der Waals surface area contributed by atoms with E-state index in [1.807, 2.05) is 6.08 Å². The van der Waals surface area contributed by atoms with Gasteiger partial charge in [-0.05, 0) is 38.2 Å². The molecule has 0 amide bonds. The van der Waals surface area contributed by atoms with Crippen molar-refractivity contribution in [2.45, 2.75) is 52.4 Å². The van der Waals surface area contributed by atoms with Gasteiger partial charge in [0.25, 0.3) is 0 Å². The lowest BCUT2D eigenvalue weighted by atomic mass is 10.0. The second-order valence-corrected chi connectivity index (χ2v) is 3.61. The van der Waals surface area contributed by atoms with Crippen LogP contribution in [0.3, 0.4) is 0 Å². The van der Waals surface area contributed by atoms with Crippen LogP contribution >= 0.6 is 0 Å². The highest BCUT2D eigenvalue weighted by Gasteiger charge is 2.02. The van der Waals surface area contributed by atoms with Gasteiger partial charge in [0, 0.05) is 0 Å². The van der Waals surface area contributed by atoms with Crippen LogP contribution in [0, 0.1) is 0 Å². The van der Waals surface area contributed by atoms with Gasteiger partial charge in [0.1, 0.15) is 0 Å². The van der Waals surface area contributed by atoms with Crippen LogP contribution < -0.4 is 0 Å². The molecule has 80 valence electrons. The summed E-state index contributed by atoms with van der Waals surface area (Å²) in [5, 5.41) is 0. The van der Waals surface area contributed by atoms with Gasteiger partial charge in [-0.3, -0.25) is 4.79 Å². The first kappa shape index (κ1) is 13.2. The molecule has 0 aromatic rings. The van der Waals surface area contributed by atoms with Crippen LogP contribution in [0.25, 0.3) is 0 Å². The SMILES string of the molecule is C=CCC/C=C(\CCCCC)C(C)=O. The molecule has 0 unspecified atom stereocenters. The Kier molecular flexibility index (Phi) is 8.20. The van der Waals surface area contributed by atoms with Crippen molar-refractivity contribution in [3.63, 3.8) is 0 Å². The molecule has 0 N–H and O–H groups in total. The van der Waals surface area contributed by atoms with Crippen LogP contribution in [0.1, 0.15) is 52.4 Å². The highest BCUT2D eigenvalue weighted by Crippen LogP contribution is 2.11. The molecule has 0 radical (unpaired) electrons. The molecule has 14 heavy (non-hydrogen) atoms. The molecular formula is C13H22O. The van der Waals surface area contributed by atoms with E-state index in [1.54, 1.807) is 6.92 Å². The molecule has 0 rings (SSSR count). The standard InChI is InChI=1S/C13H22O/c1-4-6-8-10-13(12(3)14)11-9-7-5-2/h4,10H,1,5-9,11H2,2-3H3/b13-10+. The number of allylic oxidation sites excluding steroid dienone is 3. The lowest BCUT2D eigenvalue weighted by Gasteiger charge is -2.02. The molecule has 0 fully saturated rings. The first-order valence-electron chi connectivity index (χ1n) is 5.53. The van der Waals surface area contributed by atoms with Gasteiger partial charge in [-0.15, -0.1) is 6.58 Å². The summed E-state index contributed by atoms with van der Waals surface area (Å²) in [5.74, 6) is 0.227. The Morgan fingerprint density at radius 3 is 2.50 bits per heavy atom. The number of hydrogen-bond donors (Lipinski definition) is 0. The molecule has 0 aromatic carbocycles. The molecule has 0 atom stereocenters. The zero-order chi connectivity index (χ0) is 10.8. The van der Waals surface area contributed by atoms with Crippen LogP contribution in [0.5, 0.6) is 0 Å². The highest BCUT2D eigenvalue weighted by molar-refractivity contribution is 5.93. The smallest absolute Gasteiger partial charge is 0.155 e. The Balaban J connectivity index is 3.94. The van der Waals surface area contributed by atoms with Gasteiger partial charge < -0.3 is 0 Å². The Labute approximate surface area is 87.9 Å². The minimum atomic E-state index is 0.227. The van der Waals surface area contributed by atoms with Crippen LogP contribution in [-0.2, 0) is 4.79 Å². The van der Waals surface area contributed by atoms with E-state index >= 15 is 0 Å². The van der Waals surface area contributed by atoms with Gasteiger partial charge in [0.15, 0.2) is 5.78 Å². The van der Waals surface area contributed by atoms with Gasteiger partial charge in [0.2, 0.25) is 0 Å². The zero-order valence-electron chi connectivity index (χ0n) is 9.51. The summed E-state index contributed by atoms with van der Waals surface area (Å²) in [5.41, 5.74) is 1.00. The fourth-order valence-electron chi connectivity index (χ4n) is 1.36. The average Bonchev–Trinajstić information content (AvgIpc) is 2.15. The van der Waals surface area contributed by atoms with E-state index in [9.17, 15) is 4.79 Å². The van der Waals surface area contributed by atoms with Crippen molar-refractivity contribution in [2.75, 3.05) is 0 Å². The average molecular weight is 194 g/mol. The molecule has 0 aliphatic heterocycles. The number of carbonyl (C=O) groups is 1. The van der Waals surface area contributed by atoms with E-state index in [1.165, 1.54) is 12.8 Å². The normalized spacial score (nSPS) is 11.4. The van der Waals surface area contributed by atoms with Crippen LogP contribution in [0.4, 0.5) is 0 Å². The second kappa shape index (κ2) is 8.74. The summed E-state index contributed by atoms with van der Waals surface area (Å²) < 4.78 is 0. The first-order chi connectivity index (χ1) is 6.72. The number of unbranched alkanes of at least 4 members (excludes halogenated alkanes) is 3. The fraction of sp³-hybridized carbons (Fsp3) is 0.615. The van der Waals surface area contributed by atoms with Gasteiger partial charge in [0.05, 0.1) is 0 Å². The number of Topliss-reactive ketones (excluding diaryl/α,β-unsaturated/α-hetero) is 1. The third kappa shape index (κ3) is 6.64. The van der Waals surface area contributed by atoms with Crippen LogP contribution in [0.15, 0.2) is 24.3 Å². The summed E-state index contributed by atoms with van der Waals surface area (Å²) in [6.45, 7) is 7.50. The fourth-order valence-corrected chi connectivity index (χ4v) is 1.36. The van der Waals surface area contributed by atoms with Gasteiger partial charge in [-0.25, -0.2) is 0 Å². The van der Waals surface area contributed by atoms with E-state index in [-0.39, 0.29) is 5.78 Å². The lowest BCUT2D eigenvalue weighted by Crippen LogP contribution is -1.96. The Morgan fingerprint density at radius 1 is 1.29 bits per heavy atom. The monoisotopic (exact) mass is 194 g/mol. The largest absolute Gasteiger partial charge is 0.295 e. The number of rotatable bonds is 8. The van der Waals surface area contributed by atoms with Crippen molar-refractivity contribution in [1.82, 2.24) is 0 Å². The second-order valence-electron chi connectivity index (χ2n) is 3.61. The number of ketones is 1. The maximum absolute atomic E-state index is 11.2. The molecule has 1 nitrogen and oxygen atoms in total. The highest BCUT2D eigenvalue weighted by atomic mass is 16.1. The molecule has 0 aliphatic carbocycles. The summed E-state index contributed by atoms with van der Waals surface area (Å²) in [6.07, 6.45) is 10.4. The predicted octanol–water partition coefficient (Wildman–Crippen LogP) is 4.05. The molecular weight excluding hydrogens is 172 g/mol. The van der Waals surface area contributed by atoms with Gasteiger partial charge >= 0.3 is 0 Å². The molecule has 0 aromatic heterocycles. The summed E-state index contributed by atoms with van der Waals surface area (Å²) >= 11 is 0. The summed E-state index contributed by atoms with van der Waals surface area (Å²) in [6, 6.07) is 0. The molecule has 0 bridgehead atoms. The summed E-state index contributed by atoms with van der Waals surface area (Å²) in [7, 11) is 0. The maximum atomic E-state index is 11.2. The molecule has 0 aliphatic rings. The quantitative estimate of drug-likeness (QED) is 0.323. The van der Waals surface area contributed by atoms with E-state index < -0.39 is 0 Å². The number of carbonyl (C=O) groups excluding carboxylic acids is 1. The number of hydrogen-bond acceptors (Lipinski definition) is 1. The van der Waals surface area contributed by atoms with Crippen LogP contribution in [0.2, 0.25) is 0 Å². The van der Waals surface area contributed by atoms with Crippen molar-refractivity contribution in [3.05, 3.63) is 24.3 Å². The topological polar surface area (TPSA) is 17.1 Å². The summed E-state index contributed by atoms with van der Waals surface area (Å²) in [4.78, 5) is 11.2. The van der Waals surface area contributed by atoms with Crippen molar-refractivity contribution < 1.29 is 4.79 Å². The molecule has 0 spiro atoms. The third-order valence-corrected chi connectivity index (χ3v) is 2.26. The Morgan fingerprint density at radius 2 is 2.00 bits per heavy atom. The van der Waals surface area contributed by atoms with E-state index in [0.717, 1.165) is 31.3 Å². The molecule has 0 heterocycles. The first-order valence-corrected chi connectivity index (χ1v) is 5.53. The molecule has 0 saturated heterocycles. The Bertz CT molecular complexity index is 201. The minimum Gasteiger partial charge on any atom is -0.295 e. The Hall–Kier alpha value is -0.850. The van der Waals surface area contributed by atoms with Crippen molar-refractivity contribution >= 4 is 5.78 Å².